The Morgan fingerprint density at radius 2 is 2.27 bits per heavy atom. The number of hydrogen-bond donors (Lipinski definition) is 1. The van der Waals surface area contributed by atoms with Gasteiger partial charge in [-0.1, -0.05) is 12.1 Å². The summed E-state index contributed by atoms with van der Waals surface area (Å²) in [5, 5.41) is 2.65. The maximum absolute atomic E-state index is 11.7. The van der Waals surface area contributed by atoms with Gasteiger partial charge in [-0.2, -0.15) is 0 Å². The van der Waals surface area contributed by atoms with Gasteiger partial charge in [-0.15, -0.1) is 11.6 Å². The number of halogens is 2. The number of hydrogen-bond acceptors (Lipinski definition) is 2. The van der Waals surface area contributed by atoms with Crippen LogP contribution in [0.3, 0.4) is 0 Å². The van der Waals surface area contributed by atoms with Crippen LogP contribution in [0.2, 0.25) is 0 Å². The molecule has 0 heterocycles. The lowest BCUT2D eigenvalue weighted by molar-refractivity contribution is 0.0669. The number of methoxy groups -OCH3 is 1. The summed E-state index contributed by atoms with van der Waals surface area (Å²) < 4.78 is 5.69. The van der Waals surface area contributed by atoms with Gasteiger partial charge < -0.3 is 10.1 Å². The van der Waals surface area contributed by atoms with E-state index in [2.05, 4.69) is 21.2 Å². The summed E-state index contributed by atoms with van der Waals surface area (Å²) in [6.45, 7) is 0. The molecular formula is C10H11BrClNO2. The first-order valence-corrected chi connectivity index (χ1v) is 5.66. The second kappa shape index (κ2) is 6.10. The van der Waals surface area contributed by atoms with E-state index < -0.39 is 6.23 Å². The Bertz CT molecular complexity index is 342. The Morgan fingerprint density at radius 3 is 2.80 bits per heavy atom. The summed E-state index contributed by atoms with van der Waals surface area (Å²) in [5.41, 5.74) is 0.560. The number of carbonyl (C=O) groups is 1. The van der Waals surface area contributed by atoms with Crippen molar-refractivity contribution < 1.29 is 9.53 Å². The number of benzene rings is 1. The second-order valence-electron chi connectivity index (χ2n) is 2.83. The van der Waals surface area contributed by atoms with Gasteiger partial charge >= 0.3 is 0 Å². The molecule has 1 aromatic rings. The van der Waals surface area contributed by atoms with Crippen molar-refractivity contribution in [3.63, 3.8) is 0 Å². The van der Waals surface area contributed by atoms with Gasteiger partial charge in [0.15, 0.2) is 0 Å². The van der Waals surface area contributed by atoms with Gasteiger partial charge in [-0.25, -0.2) is 0 Å². The Kier molecular flexibility index (Phi) is 5.08. The maximum Gasteiger partial charge on any atom is 0.254 e. The van der Waals surface area contributed by atoms with E-state index in [0.29, 0.717) is 5.56 Å². The normalized spacial score (nSPS) is 12.2. The summed E-state index contributed by atoms with van der Waals surface area (Å²) in [6.07, 6.45) is -0.466. The molecular weight excluding hydrogens is 281 g/mol. The monoisotopic (exact) mass is 291 g/mol. The smallest absolute Gasteiger partial charge is 0.254 e. The van der Waals surface area contributed by atoms with Crippen LogP contribution in [0.25, 0.3) is 0 Å². The lowest BCUT2D eigenvalue weighted by Crippen LogP contribution is -2.37. The van der Waals surface area contributed by atoms with Gasteiger partial charge in [0.1, 0.15) is 6.23 Å². The predicted octanol–water partition coefficient (Wildman–Crippen LogP) is 2.39. The molecule has 1 N–H and O–H groups in total. The van der Waals surface area contributed by atoms with E-state index in [-0.39, 0.29) is 11.8 Å². The largest absolute Gasteiger partial charge is 0.360 e. The zero-order valence-electron chi connectivity index (χ0n) is 8.17. The Labute approximate surface area is 102 Å². The highest BCUT2D eigenvalue weighted by Crippen LogP contribution is 2.15. The minimum absolute atomic E-state index is 0.213. The highest BCUT2D eigenvalue weighted by Gasteiger charge is 2.13. The van der Waals surface area contributed by atoms with E-state index in [1.54, 1.807) is 18.2 Å². The molecule has 1 aromatic carbocycles. The molecule has 0 saturated heterocycles. The zero-order chi connectivity index (χ0) is 11.3. The second-order valence-corrected chi connectivity index (χ2v) is 3.99. The topological polar surface area (TPSA) is 38.3 Å². The van der Waals surface area contributed by atoms with Crippen molar-refractivity contribution in [3.05, 3.63) is 34.3 Å². The fourth-order valence-electron chi connectivity index (χ4n) is 1.03. The Balaban J connectivity index is 2.73. The number of nitrogens with one attached hydrogen (secondary N) is 1. The van der Waals surface area contributed by atoms with Crippen molar-refractivity contribution in [2.45, 2.75) is 6.23 Å². The van der Waals surface area contributed by atoms with Crippen LogP contribution in [0, 0.1) is 0 Å². The summed E-state index contributed by atoms with van der Waals surface area (Å²) in [4.78, 5) is 11.7. The van der Waals surface area contributed by atoms with Gasteiger partial charge in [-0.05, 0) is 28.1 Å². The molecule has 15 heavy (non-hydrogen) atoms. The third kappa shape index (κ3) is 3.48. The van der Waals surface area contributed by atoms with E-state index in [4.69, 9.17) is 16.3 Å². The van der Waals surface area contributed by atoms with E-state index in [0.717, 1.165) is 4.47 Å². The molecule has 0 saturated carbocycles. The Morgan fingerprint density at radius 1 is 1.60 bits per heavy atom. The molecule has 0 aromatic heterocycles. The van der Waals surface area contributed by atoms with Crippen molar-refractivity contribution in [2.24, 2.45) is 0 Å². The van der Waals surface area contributed by atoms with Crippen LogP contribution in [-0.2, 0) is 4.74 Å². The maximum atomic E-state index is 11.7. The molecule has 1 amide bonds. The average molecular weight is 293 g/mol. The lowest BCUT2D eigenvalue weighted by atomic mass is 10.2. The van der Waals surface area contributed by atoms with Crippen LogP contribution in [0.1, 0.15) is 10.4 Å². The number of rotatable bonds is 4. The highest BCUT2D eigenvalue weighted by atomic mass is 79.9. The van der Waals surface area contributed by atoms with Crippen LogP contribution in [0.4, 0.5) is 0 Å². The molecule has 0 radical (unpaired) electrons. The number of alkyl halides is 1. The fraction of sp³-hybridized carbons (Fsp3) is 0.300. The van der Waals surface area contributed by atoms with Crippen molar-refractivity contribution in [3.8, 4) is 0 Å². The third-order valence-electron chi connectivity index (χ3n) is 1.84. The first-order chi connectivity index (χ1) is 7.19. The molecule has 0 aliphatic rings. The molecule has 1 unspecified atom stereocenters. The van der Waals surface area contributed by atoms with Crippen molar-refractivity contribution in [2.75, 3.05) is 13.0 Å². The summed E-state index contributed by atoms with van der Waals surface area (Å²) in [5.74, 6) is 0.00199. The predicted molar refractivity (Wildman–Crippen MR) is 63.1 cm³/mol. The van der Waals surface area contributed by atoms with Crippen LogP contribution < -0.4 is 5.32 Å². The molecule has 0 aliphatic heterocycles. The number of carbonyl (C=O) groups excluding carboxylic acids is 1. The van der Waals surface area contributed by atoms with Crippen LogP contribution >= 0.6 is 27.5 Å². The van der Waals surface area contributed by atoms with Gasteiger partial charge in [0, 0.05) is 11.6 Å². The molecule has 0 fully saturated rings. The fourth-order valence-corrected chi connectivity index (χ4v) is 1.70. The lowest BCUT2D eigenvalue weighted by Gasteiger charge is -2.14. The minimum Gasteiger partial charge on any atom is -0.360 e. The zero-order valence-corrected chi connectivity index (χ0v) is 10.5. The van der Waals surface area contributed by atoms with Crippen LogP contribution in [0.15, 0.2) is 28.7 Å². The SMILES string of the molecule is COC(CCl)NC(=O)c1ccccc1Br. The Hall–Kier alpha value is -0.580. The molecule has 0 aliphatic carbocycles. The molecule has 0 spiro atoms. The molecule has 3 nitrogen and oxygen atoms in total. The van der Waals surface area contributed by atoms with Gasteiger partial charge in [0.25, 0.3) is 5.91 Å². The van der Waals surface area contributed by atoms with Crippen molar-refractivity contribution in [1.82, 2.24) is 5.32 Å². The first kappa shape index (κ1) is 12.5. The van der Waals surface area contributed by atoms with Crippen molar-refractivity contribution >= 4 is 33.4 Å². The third-order valence-corrected chi connectivity index (χ3v) is 2.81. The van der Waals surface area contributed by atoms with Gasteiger partial charge in [-0.3, -0.25) is 4.79 Å². The summed E-state index contributed by atoms with van der Waals surface area (Å²) in [7, 11) is 1.49. The van der Waals surface area contributed by atoms with Gasteiger partial charge in [0.2, 0.25) is 0 Å². The highest BCUT2D eigenvalue weighted by molar-refractivity contribution is 9.10. The van der Waals surface area contributed by atoms with E-state index in [1.165, 1.54) is 7.11 Å². The first-order valence-electron chi connectivity index (χ1n) is 4.33. The minimum atomic E-state index is -0.466. The van der Waals surface area contributed by atoms with E-state index in [9.17, 15) is 4.79 Å². The van der Waals surface area contributed by atoms with Crippen LogP contribution in [-0.4, -0.2) is 25.1 Å². The molecule has 1 atom stereocenters. The summed E-state index contributed by atoms with van der Waals surface area (Å²) in [6, 6.07) is 7.16. The average Bonchev–Trinajstić information content (AvgIpc) is 2.26. The van der Waals surface area contributed by atoms with E-state index in [1.807, 2.05) is 6.07 Å². The van der Waals surface area contributed by atoms with Gasteiger partial charge in [0.05, 0.1) is 11.4 Å². The molecule has 82 valence electrons. The van der Waals surface area contributed by atoms with E-state index >= 15 is 0 Å². The molecule has 1 rings (SSSR count). The van der Waals surface area contributed by atoms with Crippen molar-refractivity contribution in [1.29, 1.82) is 0 Å². The summed E-state index contributed by atoms with van der Waals surface area (Å²) >= 11 is 8.88. The molecule has 0 bridgehead atoms. The standard InChI is InChI=1S/C10H11BrClNO2/c1-15-9(6-12)13-10(14)7-4-2-3-5-8(7)11/h2-5,9H,6H2,1H3,(H,13,14). The van der Waals surface area contributed by atoms with Crippen LogP contribution in [0.5, 0.6) is 0 Å². The molecule has 5 heteroatoms. The number of amides is 1. The quantitative estimate of drug-likeness (QED) is 0.683. The number of ether oxygens (including phenoxy) is 1.